The molecular formula is C19H18N4O3S. The molecule has 27 heavy (non-hydrogen) atoms. The van der Waals surface area contributed by atoms with Gasteiger partial charge in [-0.15, -0.1) is 16.8 Å². The Balaban J connectivity index is 1.82. The fourth-order valence-electron chi connectivity index (χ4n) is 2.53. The van der Waals surface area contributed by atoms with Crippen molar-refractivity contribution in [2.24, 2.45) is 0 Å². The van der Waals surface area contributed by atoms with Gasteiger partial charge in [0, 0.05) is 30.0 Å². The molecular weight excluding hydrogens is 364 g/mol. The lowest BCUT2D eigenvalue weighted by molar-refractivity contribution is -0.384. The molecule has 0 radical (unpaired) electrons. The third kappa shape index (κ3) is 4.35. The number of nitrogens with zero attached hydrogens (tertiary/aromatic N) is 4. The first-order chi connectivity index (χ1) is 13.1. The molecule has 0 saturated heterocycles. The number of nitro groups is 1. The van der Waals surface area contributed by atoms with Gasteiger partial charge in [-0.05, 0) is 17.7 Å². The molecule has 7 nitrogen and oxygen atoms in total. The zero-order chi connectivity index (χ0) is 19.2. The van der Waals surface area contributed by atoms with Crippen LogP contribution in [0.5, 0.6) is 5.75 Å². The highest BCUT2D eigenvalue weighted by atomic mass is 32.2. The van der Waals surface area contributed by atoms with Crippen LogP contribution in [0.15, 0.2) is 66.3 Å². The van der Waals surface area contributed by atoms with Gasteiger partial charge in [0.05, 0.1) is 12.0 Å². The lowest BCUT2D eigenvalue weighted by atomic mass is 10.2. The minimum Gasteiger partial charge on any atom is -0.497 e. The number of benzene rings is 2. The monoisotopic (exact) mass is 382 g/mol. The Labute approximate surface area is 160 Å². The van der Waals surface area contributed by atoms with Crippen molar-refractivity contribution in [1.29, 1.82) is 0 Å². The number of allylic oxidation sites excluding steroid dienone is 1. The number of nitro benzene ring substituents is 1. The smallest absolute Gasteiger partial charge is 0.269 e. The highest BCUT2D eigenvalue weighted by molar-refractivity contribution is 7.98. The largest absolute Gasteiger partial charge is 0.497 e. The molecule has 1 aromatic heterocycles. The molecule has 0 saturated carbocycles. The normalized spacial score (nSPS) is 10.6. The van der Waals surface area contributed by atoms with Gasteiger partial charge in [-0.3, -0.25) is 14.7 Å². The number of hydrogen-bond acceptors (Lipinski definition) is 6. The van der Waals surface area contributed by atoms with E-state index in [9.17, 15) is 10.1 Å². The van der Waals surface area contributed by atoms with Crippen LogP contribution in [0.2, 0.25) is 0 Å². The van der Waals surface area contributed by atoms with Crippen molar-refractivity contribution >= 4 is 17.4 Å². The van der Waals surface area contributed by atoms with Crippen LogP contribution in [0.25, 0.3) is 11.4 Å². The van der Waals surface area contributed by atoms with Gasteiger partial charge in [-0.1, -0.05) is 42.1 Å². The summed E-state index contributed by atoms with van der Waals surface area (Å²) in [5, 5.41) is 20.1. The molecule has 0 aliphatic carbocycles. The number of ether oxygens (including phenoxy) is 1. The summed E-state index contributed by atoms with van der Waals surface area (Å²) >= 11 is 1.52. The van der Waals surface area contributed by atoms with Crippen molar-refractivity contribution in [1.82, 2.24) is 14.8 Å². The van der Waals surface area contributed by atoms with Crippen molar-refractivity contribution in [3.63, 3.8) is 0 Å². The van der Waals surface area contributed by atoms with Crippen LogP contribution in [-0.2, 0) is 12.3 Å². The fraction of sp³-hybridized carbons (Fsp3) is 0.158. The summed E-state index contributed by atoms with van der Waals surface area (Å²) in [5.74, 6) is 2.12. The van der Waals surface area contributed by atoms with Gasteiger partial charge in [-0.25, -0.2) is 0 Å². The number of hydrogen-bond donors (Lipinski definition) is 0. The summed E-state index contributed by atoms with van der Waals surface area (Å²) < 4.78 is 7.27. The van der Waals surface area contributed by atoms with Crippen molar-refractivity contribution in [2.45, 2.75) is 17.5 Å². The van der Waals surface area contributed by atoms with E-state index in [0.29, 0.717) is 12.3 Å². The average Bonchev–Trinajstić information content (AvgIpc) is 3.09. The molecule has 0 aliphatic rings. The fourth-order valence-corrected chi connectivity index (χ4v) is 3.43. The first-order valence-electron chi connectivity index (χ1n) is 8.17. The van der Waals surface area contributed by atoms with Crippen LogP contribution in [0.1, 0.15) is 5.56 Å². The zero-order valence-corrected chi connectivity index (χ0v) is 15.6. The van der Waals surface area contributed by atoms with Gasteiger partial charge >= 0.3 is 0 Å². The second-order valence-electron chi connectivity index (χ2n) is 5.65. The van der Waals surface area contributed by atoms with Gasteiger partial charge in [0.25, 0.3) is 5.69 Å². The Morgan fingerprint density at radius 2 is 2.04 bits per heavy atom. The second-order valence-corrected chi connectivity index (χ2v) is 6.59. The summed E-state index contributed by atoms with van der Waals surface area (Å²) in [6.07, 6.45) is 1.79. The van der Waals surface area contributed by atoms with E-state index < -0.39 is 4.92 Å². The molecule has 0 aliphatic heterocycles. The van der Waals surface area contributed by atoms with Gasteiger partial charge < -0.3 is 4.74 Å². The van der Waals surface area contributed by atoms with Crippen LogP contribution < -0.4 is 4.74 Å². The number of rotatable bonds is 8. The summed E-state index contributed by atoms with van der Waals surface area (Å²) in [7, 11) is 1.62. The molecule has 0 spiro atoms. The third-order valence-corrected chi connectivity index (χ3v) is 4.91. The van der Waals surface area contributed by atoms with Crippen molar-refractivity contribution in [3.8, 4) is 17.1 Å². The molecule has 0 bridgehead atoms. The molecule has 0 fully saturated rings. The minimum absolute atomic E-state index is 0.0823. The average molecular weight is 382 g/mol. The van der Waals surface area contributed by atoms with Crippen molar-refractivity contribution < 1.29 is 9.66 Å². The van der Waals surface area contributed by atoms with Crippen molar-refractivity contribution in [2.75, 3.05) is 7.11 Å². The van der Waals surface area contributed by atoms with E-state index in [1.54, 1.807) is 25.3 Å². The maximum absolute atomic E-state index is 10.8. The SMILES string of the molecule is C=CCn1c(SCc2ccc([N+](=O)[O-])cc2)nnc1-c1cccc(OC)c1. The number of non-ortho nitro benzene ring substituents is 1. The highest BCUT2D eigenvalue weighted by Crippen LogP contribution is 2.28. The predicted octanol–water partition coefficient (Wildman–Crippen LogP) is 4.34. The van der Waals surface area contributed by atoms with E-state index in [0.717, 1.165) is 27.9 Å². The Morgan fingerprint density at radius 3 is 2.70 bits per heavy atom. The summed E-state index contributed by atoms with van der Waals surface area (Å²) in [5.41, 5.74) is 1.96. The molecule has 138 valence electrons. The van der Waals surface area contributed by atoms with Crippen molar-refractivity contribution in [3.05, 3.63) is 76.9 Å². The summed E-state index contributed by atoms with van der Waals surface area (Å²) in [6, 6.07) is 14.2. The first-order valence-corrected chi connectivity index (χ1v) is 9.15. The molecule has 3 aromatic rings. The standard InChI is InChI=1S/C19H18N4O3S/c1-3-11-22-18(15-5-4-6-17(12-15)26-2)20-21-19(22)27-13-14-7-9-16(10-8-14)23(24)25/h3-10,12H,1,11,13H2,2H3. The second kappa shape index (κ2) is 8.50. The number of thioether (sulfide) groups is 1. The van der Waals surface area contributed by atoms with E-state index in [4.69, 9.17) is 4.74 Å². The minimum atomic E-state index is -0.405. The first kappa shape index (κ1) is 18.7. The topological polar surface area (TPSA) is 83.1 Å². The number of methoxy groups -OCH3 is 1. The summed E-state index contributed by atoms with van der Waals surface area (Å²) in [4.78, 5) is 10.3. The Kier molecular flexibility index (Phi) is 5.87. The maximum atomic E-state index is 10.8. The van der Waals surface area contributed by atoms with Gasteiger partial charge in [0.2, 0.25) is 0 Å². The lowest BCUT2D eigenvalue weighted by Crippen LogP contribution is -2.01. The summed E-state index contributed by atoms with van der Waals surface area (Å²) in [6.45, 7) is 4.39. The zero-order valence-electron chi connectivity index (χ0n) is 14.7. The van der Waals surface area contributed by atoms with E-state index in [1.807, 2.05) is 28.8 Å². The molecule has 0 amide bonds. The Hall–Kier alpha value is -3.13. The molecule has 8 heteroatoms. The quantitative estimate of drug-likeness (QED) is 0.249. The highest BCUT2D eigenvalue weighted by Gasteiger charge is 2.14. The van der Waals surface area contributed by atoms with E-state index in [1.165, 1.54) is 23.9 Å². The molecule has 0 unspecified atom stereocenters. The van der Waals surface area contributed by atoms with Crippen LogP contribution in [0.4, 0.5) is 5.69 Å². The van der Waals surface area contributed by atoms with E-state index in [-0.39, 0.29) is 5.69 Å². The van der Waals surface area contributed by atoms with Crippen LogP contribution in [0, 0.1) is 10.1 Å². The molecule has 0 atom stereocenters. The van der Waals surface area contributed by atoms with E-state index >= 15 is 0 Å². The van der Waals surface area contributed by atoms with Gasteiger partial charge in [0.15, 0.2) is 11.0 Å². The van der Waals surface area contributed by atoms with E-state index in [2.05, 4.69) is 16.8 Å². The van der Waals surface area contributed by atoms with Crippen LogP contribution >= 0.6 is 11.8 Å². The number of aromatic nitrogens is 3. The molecule has 0 N–H and O–H groups in total. The maximum Gasteiger partial charge on any atom is 0.269 e. The Morgan fingerprint density at radius 1 is 1.26 bits per heavy atom. The van der Waals surface area contributed by atoms with Crippen LogP contribution in [-0.4, -0.2) is 26.8 Å². The third-order valence-electron chi connectivity index (χ3n) is 3.87. The van der Waals surface area contributed by atoms with Gasteiger partial charge in [-0.2, -0.15) is 0 Å². The molecule has 1 heterocycles. The Bertz CT molecular complexity index is 954. The van der Waals surface area contributed by atoms with Crippen LogP contribution in [0.3, 0.4) is 0 Å². The van der Waals surface area contributed by atoms with Gasteiger partial charge in [0.1, 0.15) is 5.75 Å². The predicted molar refractivity (Wildman–Crippen MR) is 105 cm³/mol. The lowest BCUT2D eigenvalue weighted by Gasteiger charge is -2.08. The molecule has 3 rings (SSSR count). The molecule has 2 aromatic carbocycles.